The Morgan fingerprint density at radius 1 is 1.09 bits per heavy atom. The molecule has 0 aliphatic rings. The molecule has 0 spiro atoms. The zero-order valence-corrected chi connectivity index (χ0v) is 15.5. The van der Waals surface area contributed by atoms with Gasteiger partial charge < -0.3 is 5.32 Å². The van der Waals surface area contributed by atoms with E-state index in [1.165, 1.54) is 0 Å². The van der Waals surface area contributed by atoms with Gasteiger partial charge in [-0.2, -0.15) is 0 Å². The Morgan fingerprint density at radius 2 is 1.82 bits per heavy atom. The van der Waals surface area contributed by atoms with Gasteiger partial charge in [-0.25, -0.2) is 4.98 Å². The van der Waals surface area contributed by atoms with E-state index in [2.05, 4.69) is 48.8 Å². The Kier molecular flexibility index (Phi) is 4.44. The van der Waals surface area contributed by atoms with Crippen molar-refractivity contribution in [3.63, 3.8) is 0 Å². The minimum atomic E-state index is -0.156. The van der Waals surface area contributed by atoms with Crippen molar-refractivity contribution < 1.29 is 4.79 Å². The van der Waals surface area contributed by atoms with Crippen LogP contribution in [0.25, 0.3) is 10.8 Å². The molecule has 0 saturated carbocycles. The molecule has 1 heterocycles. The van der Waals surface area contributed by atoms with Crippen LogP contribution in [0.2, 0.25) is 0 Å². The zero-order valence-electron chi connectivity index (χ0n) is 11.7. The summed E-state index contributed by atoms with van der Waals surface area (Å²) in [6.07, 6.45) is 0. The molecule has 3 rings (SSSR count). The maximum atomic E-state index is 12.6. The van der Waals surface area contributed by atoms with E-state index in [9.17, 15) is 4.79 Å². The molecule has 0 bridgehead atoms. The minimum absolute atomic E-state index is 0.156. The number of rotatable bonds is 2. The van der Waals surface area contributed by atoms with Gasteiger partial charge >= 0.3 is 0 Å². The monoisotopic (exact) mass is 466 g/mol. The number of nitrogens with one attached hydrogen (secondary N) is 1. The van der Waals surface area contributed by atoms with Gasteiger partial charge in [0.1, 0.15) is 5.82 Å². The van der Waals surface area contributed by atoms with Crippen LogP contribution in [0.15, 0.2) is 53.0 Å². The van der Waals surface area contributed by atoms with Crippen molar-refractivity contribution in [2.24, 2.45) is 0 Å². The summed E-state index contributed by atoms with van der Waals surface area (Å²) in [5.74, 6) is 0.409. The fraction of sp³-hybridized carbons (Fsp3) is 0.0588. The molecule has 0 aliphatic carbocycles. The van der Waals surface area contributed by atoms with Crippen molar-refractivity contribution in [2.75, 3.05) is 5.32 Å². The van der Waals surface area contributed by atoms with E-state index in [1.807, 2.05) is 55.5 Å². The smallest absolute Gasteiger partial charge is 0.257 e. The SMILES string of the molecule is Cc1nc(NC(=O)c2cccc3c(Br)cccc23)ccc1I. The van der Waals surface area contributed by atoms with Crippen molar-refractivity contribution in [1.29, 1.82) is 0 Å². The number of hydrogen-bond donors (Lipinski definition) is 1. The molecule has 1 amide bonds. The highest BCUT2D eigenvalue weighted by Gasteiger charge is 2.12. The molecule has 22 heavy (non-hydrogen) atoms. The highest BCUT2D eigenvalue weighted by atomic mass is 127. The third-order valence-electron chi connectivity index (χ3n) is 3.38. The van der Waals surface area contributed by atoms with Crippen molar-refractivity contribution in [2.45, 2.75) is 6.92 Å². The van der Waals surface area contributed by atoms with Crippen LogP contribution in [0.4, 0.5) is 5.82 Å². The topological polar surface area (TPSA) is 42.0 Å². The fourth-order valence-electron chi connectivity index (χ4n) is 2.27. The summed E-state index contributed by atoms with van der Waals surface area (Å²) in [6, 6.07) is 15.3. The van der Waals surface area contributed by atoms with Crippen molar-refractivity contribution in [3.8, 4) is 0 Å². The first-order valence-electron chi connectivity index (χ1n) is 6.68. The second-order valence-electron chi connectivity index (χ2n) is 4.86. The number of carbonyl (C=O) groups excluding carboxylic acids is 1. The largest absolute Gasteiger partial charge is 0.307 e. The average Bonchev–Trinajstić information content (AvgIpc) is 2.51. The molecule has 0 aliphatic heterocycles. The van der Waals surface area contributed by atoms with Gasteiger partial charge in [0, 0.05) is 13.6 Å². The molecule has 2 aromatic carbocycles. The molecule has 0 radical (unpaired) electrons. The van der Waals surface area contributed by atoms with Crippen molar-refractivity contribution in [1.82, 2.24) is 4.98 Å². The summed E-state index contributed by atoms with van der Waals surface area (Å²) in [6.45, 7) is 1.92. The first-order chi connectivity index (χ1) is 10.6. The Morgan fingerprint density at radius 3 is 2.59 bits per heavy atom. The van der Waals surface area contributed by atoms with Crippen LogP contribution < -0.4 is 5.32 Å². The number of pyridine rings is 1. The maximum absolute atomic E-state index is 12.6. The molecule has 5 heteroatoms. The lowest BCUT2D eigenvalue weighted by Crippen LogP contribution is -2.13. The van der Waals surface area contributed by atoms with Crippen LogP contribution in [0, 0.1) is 10.5 Å². The number of amides is 1. The summed E-state index contributed by atoms with van der Waals surface area (Å²) < 4.78 is 2.05. The maximum Gasteiger partial charge on any atom is 0.257 e. The molecular formula is C17H12BrIN2O. The van der Waals surface area contributed by atoms with E-state index in [-0.39, 0.29) is 5.91 Å². The number of anilines is 1. The summed E-state index contributed by atoms with van der Waals surface area (Å²) >= 11 is 5.74. The third-order valence-corrected chi connectivity index (χ3v) is 5.21. The first kappa shape index (κ1) is 15.4. The second kappa shape index (κ2) is 6.34. The number of carbonyl (C=O) groups is 1. The molecule has 3 nitrogen and oxygen atoms in total. The predicted molar refractivity (Wildman–Crippen MR) is 101 cm³/mol. The lowest BCUT2D eigenvalue weighted by atomic mass is 10.0. The highest BCUT2D eigenvalue weighted by Crippen LogP contribution is 2.26. The van der Waals surface area contributed by atoms with E-state index in [1.54, 1.807) is 0 Å². The Labute approximate surface area is 150 Å². The lowest BCUT2D eigenvalue weighted by Gasteiger charge is -2.09. The lowest BCUT2D eigenvalue weighted by molar-refractivity contribution is 0.102. The summed E-state index contributed by atoms with van der Waals surface area (Å²) in [4.78, 5) is 17.0. The summed E-state index contributed by atoms with van der Waals surface area (Å²) in [7, 11) is 0. The number of benzene rings is 2. The van der Waals surface area contributed by atoms with Gasteiger partial charge in [0.15, 0.2) is 0 Å². The van der Waals surface area contributed by atoms with E-state index in [4.69, 9.17) is 0 Å². The number of hydrogen-bond acceptors (Lipinski definition) is 2. The Balaban J connectivity index is 1.99. The van der Waals surface area contributed by atoms with Crippen LogP contribution in [-0.4, -0.2) is 10.9 Å². The van der Waals surface area contributed by atoms with Crippen molar-refractivity contribution in [3.05, 3.63) is 67.8 Å². The van der Waals surface area contributed by atoms with E-state index < -0.39 is 0 Å². The number of aryl methyl sites for hydroxylation is 1. The van der Waals surface area contributed by atoms with Gasteiger partial charge in [0.25, 0.3) is 5.91 Å². The Bertz CT molecular complexity index is 880. The van der Waals surface area contributed by atoms with Gasteiger partial charge in [-0.15, -0.1) is 0 Å². The zero-order chi connectivity index (χ0) is 15.7. The van der Waals surface area contributed by atoms with Crippen LogP contribution in [0.3, 0.4) is 0 Å². The first-order valence-corrected chi connectivity index (χ1v) is 8.55. The fourth-order valence-corrected chi connectivity index (χ4v) is 3.07. The molecular weight excluding hydrogens is 455 g/mol. The average molecular weight is 467 g/mol. The molecule has 0 unspecified atom stereocenters. The summed E-state index contributed by atoms with van der Waals surface area (Å²) in [5.41, 5.74) is 1.54. The molecule has 0 fully saturated rings. The van der Waals surface area contributed by atoms with Crippen LogP contribution >= 0.6 is 38.5 Å². The minimum Gasteiger partial charge on any atom is -0.307 e. The van der Waals surface area contributed by atoms with Gasteiger partial charge in [-0.05, 0) is 64.6 Å². The molecule has 0 atom stereocenters. The second-order valence-corrected chi connectivity index (χ2v) is 6.87. The van der Waals surface area contributed by atoms with E-state index in [0.29, 0.717) is 11.4 Å². The highest BCUT2D eigenvalue weighted by molar-refractivity contribution is 14.1. The normalized spacial score (nSPS) is 10.7. The van der Waals surface area contributed by atoms with Crippen molar-refractivity contribution >= 4 is 61.0 Å². The number of halogens is 2. The number of nitrogens with zero attached hydrogens (tertiary/aromatic N) is 1. The van der Waals surface area contributed by atoms with Crippen LogP contribution in [0.5, 0.6) is 0 Å². The van der Waals surface area contributed by atoms with Crippen LogP contribution in [0.1, 0.15) is 16.1 Å². The van der Waals surface area contributed by atoms with Gasteiger partial charge in [0.2, 0.25) is 0 Å². The molecule has 0 saturated heterocycles. The third kappa shape index (κ3) is 3.01. The van der Waals surface area contributed by atoms with Gasteiger partial charge in [0.05, 0.1) is 5.69 Å². The van der Waals surface area contributed by atoms with Crippen LogP contribution in [-0.2, 0) is 0 Å². The molecule has 3 aromatic rings. The summed E-state index contributed by atoms with van der Waals surface area (Å²) in [5, 5.41) is 4.80. The van der Waals surface area contributed by atoms with E-state index >= 15 is 0 Å². The Hall–Kier alpha value is -1.47. The number of aromatic nitrogens is 1. The van der Waals surface area contributed by atoms with Gasteiger partial charge in [-0.3, -0.25) is 4.79 Å². The standard InChI is InChI=1S/C17H12BrIN2O/c1-10-15(19)8-9-16(20-10)21-17(22)13-6-2-5-12-11(13)4-3-7-14(12)18/h2-9H,1H3,(H,20,21,22). The number of fused-ring (bicyclic) bond motifs is 1. The molecule has 110 valence electrons. The molecule has 1 aromatic heterocycles. The predicted octanol–water partition coefficient (Wildman–Crippen LogP) is 5.16. The van der Waals surface area contributed by atoms with E-state index in [0.717, 1.165) is 24.5 Å². The quantitative estimate of drug-likeness (QED) is 0.530. The van der Waals surface area contributed by atoms with Gasteiger partial charge in [-0.1, -0.05) is 40.2 Å². The molecule has 1 N–H and O–H groups in total.